The highest BCUT2D eigenvalue weighted by molar-refractivity contribution is 8.18. The average molecular weight is 367 g/mol. The molecule has 0 saturated carbocycles. The van der Waals surface area contributed by atoms with E-state index >= 15 is 0 Å². The van der Waals surface area contributed by atoms with Crippen molar-refractivity contribution in [1.82, 2.24) is 9.80 Å². The molecule has 0 N–H and O–H groups in total. The van der Waals surface area contributed by atoms with Crippen molar-refractivity contribution in [3.8, 4) is 11.3 Å². The lowest BCUT2D eigenvalue weighted by molar-refractivity contribution is -0.113. The first-order valence-electron chi connectivity index (χ1n) is 8.71. The number of amidine groups is 1. The van der Waals surface area contributed by atoms with Crippen LogP contribution >= 0.6 is 11.8 Å². The Balaban J connectivity index is 1.48. The first-order valence-corrected chi connectivity index (χ1v) is 9.53. The molecule has 1 fully saturated rings. The standard InChI is InChI=1S/C20H21N3O2S/c1-14-3-5-15(6-4-14)17-8-7-16(25-17)13-18-19(24)21-20(26-18)23-11-9-22(2)10-12-23/h3-8,13H,9-12H2,1-2H3/b18-13-. The van der Waals surface area contributed by atoms with E-state index in [9.17, 15) is 4.79 Å². The van der Waals surface area contributed by atoms with Crippen molar-refractivity contribution < 1.29 is 9.21 Å². The molecule has 0 atom stereocenters. The number of likely N-dealkylation sites (N-methyl/N-ethyl adjacent to an activating group) is 1. The molecule has 6 heteroatoms. The number of hydrogen-bond acceptors (Lipinski definition) is 5. The Morgan fingerprint density at radius 1 is 1.08 bits per heavy atom. The number of thioether (sulfide) groups is 1. The second kappa shape index (κ2) is 7.13. The van der Waals surface area contributed by atoms with Gasteiger partial charge in [-0.15, -0.1) is 0 Å². The molecule has 26 heavy (non-hydrogen) atoms. The molecule has 1 saturated heterocycles. The SMILES string of the molecule is Cc1ccc(-c2ccc(/C=C3\SC(N4CCN(C)CC4)=NC3=O)o2)cc1. The molecule has 0 radical (unpaired) electrons. The summed E-state index contributed by atoms with van der Waals surface area (Å²) >= 11 is 1.44. The molecule has 3 heterocycles. The van der Waals surface area contributed by atoms with Crippen LogP contribution in [0.3, 0.4) is 0 Å². The first-order chi connectivity index (χ1) is 12.6. The Hall–Kier alpha value is -2.31. The molecule has 0 aliphatic carbocycles. The molecule has 2 aliphatic rings. The number of rotatable bonds is 2. The van der Waals surface area contributed by atoms with Gasteiger partial charge in [-0.1, -0.05) is 29.8 Å². The van der Waals surface area contributed by atoms with Gasteiger partial charge in [0.25, 0.3) is 5.91 Å². The second-order valence-electron chi connectivity index (χ2n) is 6.67. The van der Waals surface area contributed by atoms with Crippen molar-refractivity contribution in [3.63, 3.8) is 0 Å². The van der Waals surface area contributed by atoms with Crippen LogP contribution in [-0.2, 0) is 4.79 Å². The Labute approximate surface area is 157 Å². The third-order valence-corrected chi connectivity index (χ3v) is 5.66. The van der Waals surface area contributed by atoms with Crippen molar-refractivity contribution in [3.05, 3.63) is 52.6 Å². The van der Waals surface area contributed by atoms with Gasteiger partial charge in [0.1, 0.15) is 11.5 Å². The maximum Gasteiger partial charge on any atom is 0.286 e. The smallest absolute Gasteiger partial charge is 0.286 e. The number of aliphatic imine (C=N–C) groups is 1. The van der Waals surface area contributed by atoms with E-state index in [-0.39, 0.29) is 5.91 Å². The lowest BCUT2D eigenvalue weighted by Gasteiger charge is -2.32. The fourth-order valence-electron chi connectivity index (χ4n) is 2.96. The summed E-state index contributed by atoms with van der Waals surface area (Å²) in [6.07, 6.45) is 1.79. The van der Waals surface area contributed by atoms with Gasteiger partial charge in [0, 0.05) is 37.8 Å². The second-order valence-corrected chi connectivity index (χ2v) is 7.68. The van der Waals surface area contributed by atoms with Crippen LogP contribution in [0.25, 0.3) is 17.4 Å². The zero-order valence-corrected chi connectivity index (χ0v) is 15.8. The van der Waals surface area contributed by atoms with Crippen LogP contribution in [0.4, 0.5) is 0 Å². The predicted octanol–water partition coefficient (Wildman–Crippen LogP) is 3.47. The van der Waals surface area contributed by atoms with Crippen molar-refractivity contribution in [2.75, 3.05) is 33.2 Å². The molecule has 1 aromatic heterocycles. The van der Waals surface area contributed by atoms with E-state index in [0.29, 0.717) is 10.7 Å². The molecule has 2 aliphatic heterocycles. The normalized spacial score (nSPS) is 20.1. The van der Waals surface area contributed by atoms with Gasteiger partial charge in [0.05, 0.1) is 4.91 Å². The van der Waals surface area contributed by atoms with Crippen LogP contribution in [-0.4, -0.2) is 54.1 Å². The molecule has 0 bridgehead atoms. The summed E-state index contributed by atoms with van der Waals surface area (Å²) in [5, 5.41) is 0.805. The van der Waals surface area contributed by atoms with E-state index in [1.165, 1.54) is 17.3 Å². The minimum Gasteiger partial charge on any atom is -0.457 e. The summed E-state index contributed by atoms with van der Waals surface area (Å²) in [7, 11) is 2.11. The van der Waals surface area contributed by atoms with Gasteiger partial charge in [-0.3, -0.25) is 4.79 Å². The van der Waals surface area contributed by atoms with Crippen molar-refractivity contribution in [2.24, 2.45) is 4.99 Å². The summed E-state index contributed by atoms with van der Waals surface area (Å²) in [5.74, 6) is 1.29. The lowest BCUT2D eigenvalue weighted by Crippen LogP contribution is -2.46. The third kappa shape index (κ3) is 3.61. The summed E-state index contributed by atoms with van der Waals surface area (Å²) < 4.78 is 5.90. The molecular weight excluding hydrogens is 346 g/mol. The van der Waals surface area contributed by atoms with E-state index in [0.717, 1.165) is 42.7 Å². The lowest BCUT2D eigenvalue weighted by atomic mass is 10.1. The number of carbonyl (C=O) groups is 1. The van der Waals surface area contributed by atoms with Crippen LogP contribution < -0.4 is 0 Å². The fraction of sp³-hybridized carbons (Fsp3) is 0.300. The topological polar surface area (TPSA) is 49.0 Å². The van der Waals surface area contributed by atoms with Gasteiger partial charge >= 0.3 is 0 Å². The number of aryl methyl sites for hydroxylation is 1. The number of piperazine rings is 1. The van der Waals surface area contributed by atoms with Gasteiger partial charge < -0.3 is 14.2 Å². The quantitative estimate of drug-likeness (QED) is 0.761. The molecule has 0 spiro atoms. The van der Waals surface area contributed by atoms with Crippen molar-refractivity contribution in [1.29, 1.82) is 0 Å². The van der Waals surface area contributed by atoms with E-state index in [1.54, 1.807) is 6.08 Å². The van der Waals surface area contributed by atoms with Gasteiger partial charge in [0.2, 0.25) is 0 Å². The molecule has 5 nitrogen and oxygen atoms in total. The van der Waals surface area contributed by atoms with Crippen LogP contribution in [0.1, 0.15) is 11.3 Å². The van der Waals surface area contributed by atoms with Gasteiger partial charge in [-0.25, -0.2) is 0 Å². The van der Waals surface area contributed by atoms with Gasteiger partial charge in [-0.05, 0) is 37.9 Å². The third-order valence-electron chi connectivity index (χ3n) is 4.62. The molecule has 2 aromatic rings. The maximum absolute atomic E-state index is 12.3. The van der Waals surface area contributed by atoms with E-state index < -0.39 is 0 Å². The number of nitrogens with zero attached hydrogens (tertiary/aromatic N) is 3. The molecule has 4 rings (SSSR count). The average Bonchev–Trinajstić information content (AvgIpc) is 3.24. The zero-order chi connectivity index (χ0) is 18.1. The fourth-order valence-corrected chi connectivity index (χ4v) is 3.91. The molecular formula is C20H21N3O2S. The number of hydrogen-bond donors (Lipinski definition) is 0. The monoisotopic (exact) mass is 367 g/mol. The van der Waals surface area contributed by atoms with Crippen molar-refractivity contribution in [2.45, 2.75) is 6.92 Å². The highest BCUT2D eigenvalue weighted by Crippen LogP contribution is 2.32. The van der Waals surface area contributed by atoms with Crippen LogP contribution in [0.5, 0.6) is 0 Å². The van der Waals surface area contributed by atoms with Crippen LogP contribution in [0, 0.1) is 6.92 Å². The largest absolute Gasteiger partial charge is 0.457 e. The highest BCUT2D eigenvalue weighted by Gasteiger charge is 2.28. The van der Waals surface area contributed by atoms with Gasteiger partial charge in [-0.2, -0.15) is 4.99 Å². The molecule has 1 aromatic carbocycles. The molecule has 134 valence electrons. The number of amides is 1. The Bertz CT molecular complexity index is 875. The Morgan fingerprint density at radius 2 is 1.81 bits per heavy atom. The van der Waals surface area contributed by atoms with Crippen LogP contribution in [0.2, 0.25) is 0 Å². The highest BCUT2D eigenvalue weighted by atomic mass is 32.2. The number of furan rings is 1. The Morgan fingerprint density at radius 3 is 2.54 bits per heavy atom. The van der Waals surface area contributed by atoms with Gasteiger partial charge in [0.15, 0.2) is 5.17 Å². The molecule has 1 amide bonds. The summed E-state index contributed by atoms with van der Waals surface area (Å²) in [5.41, 5.74) is 2.24. The number of benzene rings is 1. The minimum absolute atomic E-state index is 0.183. The van der Waals surface area contributed by atoms with E-state index in [1.807, 2.05) is 24.3 Å². The predicted molar refractivity (Wildman–Crippen MR) is 106 cm³/mol. The summed E-state index contributed by atoms with van der Waals surface area (Å²) in [4.78, 5) is 21.6. The minimum atomic E-state index is -0.183. The zero-order valence-electron chi connectivity index (χ0n) is 14.9. The van der Waals surface area contributed by atoms with E-state index in [4.69, 9.17) is 4.42 Å². The van der Waals surface area contributed by atoms with E-state index in [2.05, 4.69) is 40.9 Å². The summed E-state index contributed by atoms with van der Waals surface area (Å²) in [6, 6.07) is 12.0. The van der Waals surface area contributed by atoms with Crippen molar-refractivity contribution >= 4 is 28.9 Å². The first kappa shape index (κ1) is 17.1. The number of carbonyl (C=O) groups excluding carboxylic acids is 1. The summed E-state index contributed by atoms with van der Waals surface area (Å²) in [6.45, 7) is 5.85. The maximum atomic E-state index is 12.3. The van der Waals surface area contributed by atoms with Crippen LogP contribution in [0.15, 0.2) is 50.7 Å². The molecule has 0 unspecified atom stereocenters. The Kier molecular flexibility index (Phi) is 4.70.